The standard InChI is InChI=1S/C19H25NO/c1-11-7-14(4)18(15(5)8-11)19(20)16-9-13(3)17(21-6)10-12(16)2/h7-10,19H,20H2,1-6H3. The molecule has 0 saturated carbocycles. The van der Waals surface area contributed by atoms with Gasteiger partial charge in [0.15, 0.2) is 0 Å². The molecule has 2 heteroatoms. The minimum atomic E-state index is -0.102. The summed E-state index contributed by atoms with van der Waals surface area (Å²) in [5.74, 6) is 0.917. The monoisotopic (exact) mass is 283 g/mol. The van der Waals surface area contributed by atoms with Gasteiger partial charge in [-0.15, -0.1) is 0 Å². The molecule has 0 aliphatic carbocycles. The van der Waals surface area contributed by atoms with Crippen molar-refractivity contribution >= 4 is 0 Å². The molecule has 0 bridgehead atoms. The fraction of sp³-hybridized carbons (Fsp3) is 0.368. The molecule has 0 aromatic heterocycles. The van der Waals surface area contributed by atoms with E-state index in [0.29, 0.717) is 0 Å². The lowest BCUT2D eigenvalue weighted by molar-refractivity contribution is 0.411. The van der Waals surface area contributed by atoms with Crippen LogP contribution in [0.5, 0.6) is 5.75 Å². The summed E-state index contributed by atoms with van der Waals surface area (Å²) in [7, 11) is 1.70. The fourth-order valence-electron chi connectivity index (χ4n) is 3.20. The predicted octanol–water partition coefficient (Wildman–Crippen LogP) is 4.29. The lowest BCUT2D eigenvalue weighted by Crippen LogP contribution is -2.16. The van der Waals surface area contributed by atoms with Gasteiger partial charge in [0, 0.05) is 0 Å². The Morgan fingerprint density at radius 1 is 0.810 bits per heavy atom. The molecule has 2 aromatic rings. The Morgan fingerprint density at radius 2 is 1.38 bits per heavy atom. The van der Waals surface area contributed by atoms with Gasteiger partial charge in [-0.2, -0.15) is 0 Å². The lowest BCUT2D eigenvalue weighted by Gasteiger charge is -2.22. The molecule has 0 radical (unpaired) electrons. The molecule has 2 aromatic carbocycles. The van der Waals surface area contributed by atoms with Gasteiger partial charge in [-0.05, 0) is 74.1 Å². The Kier molecular flexibility index (Phi) is 4.38. The van der Waals surface area contributed by atoms with Gasteiger partial charge >= 0.3 is 0 Å². The Labute approximate surface area is 127 Å². The average Bonchev–Trinajstić information content (AvgIpc) is 2.39. The second kappa shape index (κ2) is 5.90. The van der Waals surface area contributed by atoms with E-state index < -0.39 is 0 Å². The topological polar surface area (TPSA) is 35.2 Å². The van der Waals surface area contributed by atoms with Crippen LogP contribution in [0.2, 0.25) is 0 Å². The first-order valence-electron chi connectivity index (χ1n) is 7.33. The van der Waals surface area contributed by atoms with Crippen molar-refractivity contribution in [3.8, 4) is 5.75 Å². The zero-order valence-corrected chi connectivity index (χ0v) is 13.9. The van der Waals surface area contributed by atoms with Crippen LogP contribution in [0.25, 0.3) is 0 Å². The van der Waals surface area contributed by atoms with E-state index in [1.54, 1.807) is 7.11 Å². The summed E-state index contributed by atoms with van der Waals surface area (Å²) >= 11 is 0. The molecule has 0 saturated heterocycles. The van der Waals surface area contributed by atoms with Crippen LogP contribution in [0.15, 0.2) is 24.3 Å². The van der Waals surface area contributed by atoms with E-state index in [2.05, 4.69) is 58.9 Å². The van der Waals surface area contributed by atoms with Gasteiger partial charge in [0.05, 0.1) is 13.2 Å². The summed E-state index contributed by atoms with van der Waals surface area (Å²) in [5, 5.41) is 0. The van der Waals surface area contributed by atoms with Crippen molar-refractivity contribution in [2.45, 2.75) is 40.7 Å². The van der Waals surface area contributed by atoms with Gasteiger partial charge in [-0.25, -0.2) is 0 Å². The summed E-state index contributed by atoms with van der Waals surface area (Å²) in [4.78, 5) is 0. The van der Waals surface area contributed by atoms with Crippen LogP contribution in [0.3, 0.4) is 0 Å². The Balaban J connectivity index is 2.55. The van der Waals surface area contributed by atoms with Crippen molar-refractivity contribution in [3.63, 3.8) is 0 Å². The van der Waals surface area contributed by atoms with Crippen LogP contribution in [0.1, 0.15) is 45.0 Å². The highest BCUT2D eigenvalue weighted by Gasteiger charge is 2.17. The molecule has 0 aliphatic heterocycles. The zero-order valence-electron chi connectivity index (χ0n) is 13.9. The van der Waals surface area contributed by atoms with Gasteiger partial charge in [0.25, 0.3) is 0 Å². The number of aryl methyl sites for hydroxylation is 5. The van der Waals surface area contributed by atoms with E-state index in [9.17, 15) is 0 Å². The maximum Gasteiger partial charge on any atom is 0.122 e. The average molecular weight is 283 g/mol. The lowest BCUT2D eigenvalue weighted by atomic mass is 9.88. The highest BCUT2D eigenvalue weighted by Crippen LogP contribution is 2.32. The highest BCUT2D eigenvalue weighted by molar-refractivity contribution is 5.49. The molecular weight excluding hydrogens is 258 g/mol. The highest BCUT2D eigenvalue weighted by atomic mass is 16.5. The molecule has 0 spiro atoms. The number of methoxy groups -OCH3 is 1. The molecule has 2 nitrogen and oxygen atoms in total. The van der Waals surface area contributed by atoms with Crippen LogP contribution in [0, 0.1) is 34.6 Å². The van der Waals surface area contributed by atoms with Gasteiger partial charge in [-0.3, -0.25) is 0 Å². The van der Waals surface area contributed by atoms with Crippen molar-refractivity contribution in [3.05, 3.63) is 63.2 Å². The summed E-state index contributed by atoms with van der Waals surface area (Å²) in [6.45, 7) is 10.6. The van der Waals surface area contributed by atoms with Crippen LogP contribution in [-0.2, 0) is 0 Å². The molecule has 21 heavy (non-hydrogen) atoms. The Morgan fingerprint density at radius 3 is 1.90 bits per heavy atom. The van der Waals surface area contributed by atoms with Crippen molar-refractivity contribution in [1.82, 2.24) is 0 Å². The second-order valence-electron chi connectivity index (χ2n) is 5.97. The first kappa shape index (κ1) is 15.6. The van der Waals surface area contributed by atoms with E-state index in [4.69, 9.17) is 10.5 Å². The van der Waals surface area contributed by atoms with Gasteiger partial charge in [-0.1, -0.05) is 23.8 Å². The minimum absolute atomic E-state index is 0.102. The van der Waals surface area contributed by atoms with E-state index in [-0.39, 0.29) is 6.04 Å². The van der Waals surface area contributed by atoms with Crippen LogP contribution >= 0.6 is 0 Å². The third-order valence-corrected chi connectivity index (χ3v) is 4.17. The quantitative estimate of drug-likeness (QED) is 0.912. The maximum absolute atomic E-state index is 6.59. The molecule has 2 rings (SSSR count). The first-order chi connectivity index (χ1) is 9.85. The molecule has 112 valence electrons. The predicted molar refractivity (Wildman–Crippen MR) is 89.2 cm³/mol. The van der Waals surface area contributed by atoms with Crippen LogP contribution in [0.4, 0.5) is 0 Å². The first-order valence-corrected chi connectivity index (χ1v) is 7.33. The van der Waals surface area contributed by atoms with Crippen molar-refractivity contribution in [2.24, 2.45) is 5.73 Å². The number of hydrogen-bond donors (Lipinski definition) is 1. The normalized spacial score (nSPS) is 12.3. The minimum Gasteiger partial charge on any atom is -0.496 e. The number of rotatable bonds is 3. The molecule has 1 unspecified atom stereocenters. The summed E-state index contributed by atoms with van der Waals surface area (Å²) in [5.41, 5.74) is 15.1. The maximum atomic E-state index is 6.59. The molecule has 0 fully saturated rings. The van der Waals surface area contributed by atoms with Crippen LogP contribution < -0.4 is 10.5 Å². The van der Waals surface area contributed by atoms with E-state index >= 15 is 0 Å². The zero-order chi connectivity index (χ0) is 15.7. The summed E-state index contributed by atoms with van der Waals surface area (Å²) < 4.78 is 5.39. The number of ether oxygens (including phenoxy) is 1. The Bertz CT molecular complexity index is 651. The van der Waals surface area contributed by atoms with E-state index in [0.717, 1.165) is 11.3 Å². The van der Waals surface area contributed by atoms with Gasteiger partial charge in [0.2, 0.25) is 0 Å². The number of benzene rings is 2. The third-order valence-electron chi connectivity index (χ3n) is 4.17. The van der Waals surface area contributed by atoms with Crippen molar-refractivity contribution < 1.29 is 4.74 Å². The molecule has 2 N–H and O–H groups in total. The second-order valence-corrected chi connectivity index (χ2v) is 5.97. The van der Waals surface area contributed by atoms with E-state index in [1.165, 1.54) is 33.4 Å². The Hall–Kier alpha value is -1.80. The third kappa shape index (κ3) is 2.96. The molecule has 0 heterocycles. The molecular formula is C19H25NO. The van der Waals surface area contributed by atoms with Gasteiger partial charge < -0.3 is 10.5 Å². The number of nitrogens with two attached hydrogens (primary N) is 1. The molecule has 1 atom stereocenters. The van der Waals surface area contributed by atoms with Crippen molar-refractivity contribution in [1.29, 1.82) is 0 Å². The number of hydrogen-bond acceptors (Lipinski definition) is 2. The molecule has 0 amide bonds. The SMILES string of the molecule is COc1cc(C)c(C(N)c2c(C)cc(C)cc2C)cc1C. The van der Waals surface area contributed by atoms with E-state index in [1.807, 2.05) is 0 Å². The largest absolute Gasteiger partial charge is 0.496 e. The fourth-order valence-corrected chi connectivity index (χ4v) is 3.20. The smallest absolute Gasteiger partial charge is 0.122 e. The van der Waals surface area contributed by atoms with Crippen LogP contribution in [-0.4, -0.2) is 7.11 Å². The van der Waals surface area contributed by atoms with Crippen molar-refractivity contribution in [2.75, 3.05) is 7.11 Å². The molecule has 0 aliphatic rings. The summed E-state index contributed by atoms with van der Waals surface area (Å²) in [6, 6.07) is 8.53. The summed E-state index contributed by atoms with van der Waals surface area (Å²) in [6.07, 6.45) is 0. The van der Waals surface area contributed by atoms with Gasteiger partial charge in [0.1, 0.15) is 5.75 Å².